The fourth-order valence-electron chi connectivity index (χ4n) is 2.88. The molecule has 0 unspecified atom stereocenters. The summed E-state index contributed by atoms with van der Waals surface area (Å²) in [4.78, 5) is 50.3. The van der Waals surface area contributed by atoms with Gasteiger partial charge < -0.3 is 9.47 Å². The third kappa shape index (κ3) is 3.26. The van der Waals surface area contributed by atoms with E-state index in [9.17, 15) is 19.2 Å². The Kier molecular flexibility index (Phi) is 5.08. The molecule has 1 aromatic rings. The van der Waals surface area contributed by atoms with E-state index in [2.05, 4.69) is 0 Å². The van der Waals surface area contributed by atoms with E-state index in [4.69, 9.17) is 9.47 Å². The smallest absolute Gasteiger partial charge is 0.347 e. The summed E-state index contributed by atoms with van der Waals surface area (Å²) in [5.74, 6) is -1.83. The quantitative estimate of drug-likeness (QED) is 0.555. The molecule has 8 heteroatoms. The average Bonchev–Trinajstić information content (AvgIpc) is 3.12. The minimum Gasteiger partial charge on any atom is -0.463 e. The van der Waals surface area contributed by atoms with Gasteiger partial charge in [0.25, 0.3) is 11.8 Å². The van der Waals surface area contributed by atoms with E-state index in [1.807, 2.05) is 6.26 Å². The lowest BCUT2D eigenvalue weighted by molar-refractivity contribution is -0.163. The molecule has 1 fully saturated rings. The summed E-state index contributed by atoms with van der Waals surface area (Å²) in [5.41, 5.74) is 0.546. The number of esters is 2. The molecule has 0 N–H and O–H groups in total. The predicted octanol–water partition coefficient (Wildman–Crippen LogP) is 1.26. The molecule has 2 aliphatic rings. The van der Waals surface area contributed by atoms with Crippen molar-refractivity contribution in [2.75, 3.05) is 18.6 Å². The number of carbonyl (C=O) groups is 4. The summed E-state index contributed by atoms with van der Waals surface area (Å²) in [6.07, 6.45) is 1.42. The number of thioether (sulfide) groups is 1. The second-order valence-corrected chi connectivity index (χ2v) is 6.69. The van der Waals surface area contributed by atoms with Gasteiger partial charge in [-0.05, 0) is 30.6 Å². The minimum absolute atomic E-state index is 0.194. The van der Waals surface area contributed by atoms with Crippen LogP contribution in [0.4, 0.5) is 0 Å². The Labute approximate surface area is 148 Å². The Morgan fingerprint density at radius 2 is 1.92 bits per heavy atom. The van der Waals surface area contributed by atoms with Crippen molar-refractivity contribution >= 4 is 35.5 Å². The van der Waals surface area contributed by atoms with Crippen LogP contribution in [0.15, 0.2) is 24.3 Å². The first-order valence-corrected chi connectivity index (χ1v) is 9.27. The summed E-state index contributed by atoms with van der Waals surface area (Å²) in [7, 11) is 0. The standard InChI is InChI=1S/C17H17NO6S/c1-25-9-7-12(16(21)24-13-6-8-23-17(13)22)18-14(19)10-4-2-3-5-11(10)15(18)20/h2-5,12-13H,6-9H2,1H3/t12-,13-/m1/s1. The molecule has 1 saturated heterocycles. The molecule has 0 radical (unpaired) electrons. The second kappa shape index (κ2) is 7.26. The fourth-order valence-corrected chi connectivity index (χ4v) is 3.33. The number of cyclic esters (lactones) is 1. The van der Waals surface area contributed by atoms with Crippen LogP contribution in [0, 0.1) is 0 Å². The van der Waals surface area contributed by atoms with Gasteiger partial charge in [0.1, 0.15) is 6.04 Å². The van der Waals surface area contributed by atoms with E-state index in [0.717, 1.165) is 4.90 Å². The maximum Gasteiger partial charge on any atom is 0.347 e. The van der Waals surface area contributed by atoms with Crippen molar-refractivity contribution in [3.63, 3.8) is 0 Å². The Hall–Kier alpha value is -2.35. The molecular formula is C17H17NO6S. The van der Waals surface area contributed by atoms with Crippen molar-refractivity contribution in [1.29, 1.82) is 0 Å². The maximum atomic E-state index is 12.6. The zero-order valence-electron chi connectivity index (χ0n) is 13.6. The van der Waals surface area contributed by atoms with Crippen molar-refractivity contribution in [3.05, 3.63) is 35.4 Å². The van der Waals surface area contributed by atoms with Gasteiger partial charge in [0.15, 0.2) is 0 Å². The lowest BCUT2D eigenvalue weighted by Crippen LogP contribution is -2.47. The van der Waals surface area contributed by atoms with Crippen LogP contribution >= 0.6 is 11.8 Å². The van der Waals surface area contributed by atoms with Crippen LogP contribution in [0.5, 0.6) is 0 Å². The normalized spacial score (nSPS) is 20.4. The molecule has 2 amide bonds. The third-order valence-electron chi connectivity index (χ3n) is 4.15. The van der Waals surface area contributed by atoms with Crippen LogP contribution in [-0.2, 0) is 19.1 Å². The number of ether oxygens (including phenoxy) is 2. The molecule has 2 atom stereocenters. The second-order valence-electron chi connectivity index (χ2n) is 5.70. The first-order valence-electron chi connectivity index (χ1n) is 7.87. The summed E-state index contributed by atoms with van der Waals surface area (Å²) in [6, 6.07) is 5.38. The molecule has 3 rings (SSSR count). The number of amides is 2. The third-order valence-corrected chi connectivity index (χ3v) is 4.79. The first kappa shape index (κ1) is 17.5. The van der Waals surface area contributed by atoms with Crippen molar-refractivity contribution < 1.29 is 28.7 Å². The van der Waals surface area contributed by atoms with Gasteiger partial charge in [0.2, 0.25) is 6.10 Å². The summed E-state index contributed by atoms with van der Waals surface area (Å²) >= 11 is 1.49. The van der Waals surface area contributed by atoms with E-state index in [1.54, 1.807) is 24.3 Å². The topological polar surface area (TPSA) is 90.0 Å². The van der Waals surface area contributed by atoms with Crippen LogP contribution < -0.4 is 0 Å². The van der Waals surface area contributed by atoms with Gasteiger partial charge in [-0.15, -0.1) is 0 Å². The monoisotopic (exact) mass is 363 g/mol. The lowest BCUT2D eigenvalue weighted by atomic mass is 10.1. The minimum atomic E-state index is -1.06. The molecule has 132 valence electrons. The SMILES string of the molecule is CSCC[C@H](C(=O)O[C@@H]1CCOC1=O)N1C(=O)c2ccccc2C1=O. The summed E-state index contributed by atoms with van der Waals surface area (Å²) in [6.45, 7) is 0.194. The molecule has 0 bridgehead atoms. The highest BCUT2D eigenvalue weighted by Crippen LogP contribution is 2.27. The van der Waals surface area contributed by atoms with Crippen LogP contribution in [0.2, 0.25) is 0 Å². The fraction of sp³-hybridized carbons (Fsp3) is 0.412. The van der Waals surface area contributed by atoms with E-state index in [-0.39, 0.29) is 30.6 Å². The van der Waals surface area contributed by atoms with E-state index in [0.29, 0.717) is 5.75 Å². The van der Waals surface area contributed by atoms with Crippen molar-refractivity contribution in [2.45, 2.75) is 25.0 Å². The Balaban J connectivity index is 1.83. The summed E-state index contributed by atoms with van der Waals surface area (Å²) in [5, 5.41) is 0. The largest absolute Gasteiger partial charge is 0.463 e. The molecule has 25 heavy (non-hydrogen) atoms. The molecule has 2 heterocycles. The molecule has 1 aromatic carbocycles. The van der Waals surface area contributed by atoms with E-state index >= 15 is 0 Å². The van der Waals surface area contributed by atoms with Crippen LogP contribution in [0.1, 0.15) is 33.6 Å². The Morgan fingerprint density at radius 1 is 1.28 bits per heavy atom. The van der Waals surface area contributed by atoms with Crippen LogP contribution in [0.25, 0.3) is 0 Å². The molecule has 0 spiro atoms. The molecule has 2 aliphatic heterocycles. The van der Waals surface area contributed by atoms with Crippen molar-refractivity contribution in [3.8, 4) is 0 Å². The lowest BCUT2D eigenvalue weighted by Gasteiger charge is -2.25. The molecule has 0 aliphatic carbocycles. The molecule has 0 aromatic heterocycles. The van der Waals surface area contributed by atoms with Gasteiger partial charge in [0.05, 0.1) is 17.7 Å². The highest BCUT2D eigenvalue weighted by atomic mass is 32.2. The van der Waals surface area contributed by atoms with Gasteiger partial charge in [-0.2, -0.15) is 11.8 Å². The number of benzene rings is 1. The van der Waals surface area contributed by atoms with E-state index in [1.165, 1.54) is 11.8 Å². The predicted molar refractivity (Wildman–Crippen MR) is 89.2 cm³/mol. The van der Waals surface area contributed by atoms with Gasteiger partial charge in [-0.25, -0.2) is 9.59 Å². The number of fused-ring (bicyclic) bond motifs is 1. The Morgan fingerprint density at radius 3 is 2.44 bits per heavy atom. The number of hydrogen-bond donors (Lipinski definition) is 0. The highest BCUT2D eigenvalue weighted by Gasteiger charge is 2.44. The maximum absolute atomic E-state index is 12.6. The van der Waals surface area contributed by atoms with Crippen molar-refractivity contribution in [1.82, 2.24) is 4.90 Å². The average molecular weight is 363 g/mol. The zero-order valence-corrected chi connectivity index (χ0v) is 14.4. The van der Waals surface area contributed by atoms with Gasteiger partial charge in [0, 0.05) is 6.42 Å². The van der Waals surface area contributed by atoms with Gasteiger partial charge in [-0.3, -0.25) is 14.5 Å². The van der Waals surface area contributed by atoms with E-state index < -0.39 is 35.9 Å². The van der Waals surface area contributed by atoms with Crippen LogP contribution in [-0.4, -0.2) is 59.4 Å². The number of imide groups is 1. The van der Waals surface area contributed by atoms with Gasteiger partial charge in [-0.1, -0.05) is 12.1 Å². The van der Waals surface area contributed by atoms with Crippen molar-refractivity contribution in [2.24, 2.45) is 0 Å². The number of carbonyl (C=O) groups excluding carboxylic acids is 4. The summed E-state index contributed by atoms with van der Waals surface area (Å²) < 4.78 is 10.00. The number of nitrogens with zero attached hydrogens (tertiary/aromatic N) is 1. The molecule has 7 nitrogen and oxygen atoms in total. The van der Waals surface area contributed by atoms with Crippen LogP contribution in [0.3, 0.4) is 0 Å². The van der Waals surface area contributed by atoms with Gasteiger partial charge >= 0.3 is 11.9 Å². The number of hydrogen-bond acceptors (Lipinski definition) is 7. The molecule has 0 saturated carbocycles. The Bertz CT molecular complexity index is 699. The zero-order chi connectivity index (χ0) is 18.0. The number of rotatable bonds is 6. The molecular weight excluding hydrogens is 346 g/mol. The first-order chi connectivity index (χ1) is 12.0. The highest BCUT2D eigenvalue weighted by molar-refractivity contribution is 7.98.